The van der Waals surface area contributed by atoms with E-state index < -0.39 is 10.0 Å². The summed E-state index contributed by atoms with van der Waals surface area (Å²) in [5.74, 6) is 0.434. The summed E-state index contributed by atoms with van der Waals surface area (Å²) in [6.45, 7) is 8.04. The Morgan fingerprint density at radius 2 is 1.89 bits per heavy atom. The van der Waals surface area contributed by atoms with Gasteiger partial charge < -0.3 is 11.1 Å². The highest BCUT2D eigenvalue weighted by atomic mass is 32.2. The van der Waals surface area contributed by atoms with Crippen LogP contribution in [-0.2, 0) is 10.0 Å². The first-order valence-electron chi connectivity index (χ1n) is 6.36. The van der Waals surface area contributed by atoms with Crippen molar-refractivity contribution in [3.63, 3.8) is 0 Å². The fraction of sp³-hybridized carbons (Fsp3) is 0.538. The predicted octanol–water partition coefficient (Wildman–Crippen LogP) is 2.07. The molecule has 0 aliphatic heterocycles. The Morgan fingerprint density at radius 3 is 2.32 bits per heavy atom. The third-order valence-electron chi connectivity index (χ3n) is 3.27. The lowest BCUT2D eigenvalue weighted by molar-refractivity contribution is 0.511. The molecule has 1 unspecified atom stereocenters. The van der Waals surface area contributed by atoms with E-state index in [4.69, 9.17) is 10.9 Å². The van der Waals surface area contributed by atoms with Gasteiger partial charge in [-0.2, -0.15) is 0 Å². The summed E-state index contributed by atoms with van der Waals surface area (Å²) in [6, 6.07) is 3.40. The molecule has 108 valence electrons. The molecule has 0 aliphatic rings. The lowest BCUT2D eigenvalue weighted by Crippen LogP contribution is -2.25. The molecule has 0 radical (unpaired) electrons. The van der Waals surface area contributed by atoms with Gasteiger partial charge in [-0.05, 0) is 37.0 Å². The maximum atomic E-state index is 11.5. The van der Waals surface area contributed by atoms with Crippen LogP contribution in [0.25, 0.3) is 0 Å². The summed E-state index contributed by atoms with van der Waals surface area (Å²) in [4.78, 5) is 0.0774. The number of anilines is 2. The van der Waals surface area contributed by atoms with E-state index in [1.807, 2.05) is 0 Å². The molecule has 1 rings (SSSR count). The SMILES string of the molecule is CCC(Nc1cc(N)cc(S(N)(=O)=O)c1C)C(C)C. The number of nitrogens with one attached hydrogen (secondary N) is 1. The number of hydrogen-bond acceptors (Lipinski definition) is 4. The van der Waals surface area contributed by atoms with Gasteiger partial charge in [-0.25, -0.2) is 13.6 Å². The van der Waals surface area contributed by atoms with Gasteiger partial charge in [-0.1, -0.05) is 20.8 Å². The zero-order chi connectivity index (χ0) is 14.8. The molecule has 19 heavy (non-hydrogen) atoms. The maximum Gasteiger partial charge on any atom is 0.238 e. The largest absolute Gasteiger partial charge is 0.399 e. The van der Waals surface area contributed by atoms with Gasteiger partial charge >= 0.3 is 0 Å². The van der Waals surface area contributed by atoms with E-state index in [1.54, 1.807) is 13.0 Å². The third-order valence-corrected chi connectivity index (χ3v) is 4.31. The predicted molar refractivity (Wildman–Crippen MR) is 79.5 cm³/mol. The minimum Gasteiger partial charge on any atom is -0.399 e. The minimum atomic E-state index is -3.76. The summed E-state index contributed by atoms with van der Waals surface area (Å²) in [6.07, 6.45) is 0.941. The average Bonchev–Trinajstić information content (AvgIpc) is 2.27. The standard InChI is InChI=1S/C13H23N3O2S/c1-5-11(8(2)3)16-12-6-10(14)7-13(9(12)4)19(15,17)18/h6-8,11,16H,5,14H2,1-4H3,(H2,15,17,18). The van der Waals surface area contributed by atoms with Crippen molar-refractivity contribution < 1.29 is 8.42 Å². The van der Waals surface area contributed by atoms with E-state index in [9.17, 15) is 8.42 Å². The molecule has 0 fully saturated rings. The second-order valence-corrected chi connectivity index (χ2v) is 6.67. The molecule has 0 saturated carbocycles. The second-order valence-electron chi connectivity index (χ2n) is 5.14. The molecular weight excluding hydrogens is 262 g/mol. The molecule has 0 aromatic heterocycles. The van der Waals surface area contributed by atoms with E-state index in [0.717, 1.165) is 12.1 Å². The fourth-order valence-electron chi connectivity index (χ4n) is 2.09. The van der Waals surface area contributed by atoms with Gasteiger partial charge in [0.2, 0.25) is 10.0 Å². The van der Waals surface area contributed by atoms with Crippen LogP contribution in [0, 0.1) is 12.8 Å². The van der Waals surface area contributed by atoms with Crippen molar-refractivity contribution in [3.8, 4) is 0 Å². The van der Waals surface area contributed by atoms with Crippen LogP contribution < -0.4 is 16.2 Å². The summed E-state index contributed by atoms with van der Waals surface area (Å²) >= 11 is 0. The average molecular weight is 285 g/mol. The highest BCUT2D eigenvalue weighted by Gasteiger charge is 2.18. The first kappa shape index (κ1) is 15.8. The molecule has 0 bridgehead atoms. The Labute approximate surface area is 115 Å². The minimum absolute atomic E-state index is 0.0774. The second kappa shape index (κ2) is 5.79. The number of nitrogens with two attached hydrogens (primary N) is 2. The van der Waals surface area contributed by atoms with Gasteiger partial charge in [-0.3, -0.25) is 0 Å². The number of benzene rings is 1. The molecule has 6 heteroatoms. The smallest absolute Gasteiger partial charge is 0.238 e. The van der Waals surface area contributed by atoms with Crippen molar-refractivity contribution in [1.29, 1.82) is 0 Å². The number of sulfonamides is 1. The van der Waals surface area contributed by atoms with Crippen molar-refractivity contribution >= 4 is 21.4 Å². The van der Waals surface area contributed by atoms with Crippen LogP contribution in [0.2, 0.25) is 0 Å². The molecule has 0 spiro atoms. The van der Waals surface area contributed by atoms with E-state index in [-0.39, 0.29) is 10.9 Å². The molecule has 0 amide bonds. The number of primary sulfonamides is 1. The zero-order valence-electron chi connectivity index (χ0n) is 11.9. The Bertz CT molecular complexity index is 553. The molecule has 0 aliphatic carbocycles. The van der Waals surface area contributed by atoms with Crippen LogP contribution in [0.1, 0.15) is 32.8 Å². The summed E-state index contributed by atoms with van der Waals surface area (Å²) in [5.41, 5.74) is 7.48. The van der Waals surface area contributed by atoms with Crippen LogP contribution in [0.5, 0.6) is 0 Å². The van der Waals surface area contributed by atoms with Crippen molar-refractivity contribution in [1.82, 2.24) is 0 Å². The fourth-order valence-corrected chi connectivity index (χ4v) is 2.93. The van der Waals surface area contributed by atoms with Crippen molar-refractivity contribution in [2.75, 3.05) is 11.1 Å². The molecule has 1 aromatic carbocycles. The highest BCUT2D eigenvalue weighted by molar-refractivity contribution is 7.89. The highest BCUT2D eigenvalue weighted by Crippen LogP contribution is 2.27. The number of rotatable bonds is 5. The molecule has 0 saturated heterocycles. The van der Waals surface area contributed by atoms with Crippen molar-refractivity contribution in [3.05, 3.63) is 17.7 Å². The first-order valence-corrected chi connectivity index (χ1v) is 7.90. The van der Waals surface area contributed by atoms with Crippen LogP contribution in [0.3, 0.4) is 0 Å². The molecule has 5 nitrogen and oxygen atoms in total. The van der Waals surface area contributed by atoms with Gasteiger partial charge in [0.05, 0.1) is 4.90 Å². The van der Waals surface area contributed by atoms with Crippen LogP contribution in [0.4, 0.5) is 11.4 Å². The number of nitrogen functional groups attached to an aromatic ring is 1. The van der Waals surface area contributed by atoms with E-state index in [2.05, 4.69) is 26.1 Å². The van der Waals surface area contributed by atoms with E-state index >= 15 is 0 Å². The Morgan fingerprint density at radius 1 is 1.32 bits per heavy atom. The van der Waals surface area contributed by atoms with Crippen LogP contribution >= 0.6 is 0 Å². The van der Waals surface area contributed by atoms with E-state index in [0.29, 0.717) is 17.2 Å². The first-order chi connectivity index (χ1) is 8.66. The molecule has 0 heterocycles. The molecule has 5 N–H and O–H groups in total. The number of hydrogen-bond donors (Lipinski definition) is 3. The van der Waals surface area contributed by atoms with Crippen LogP contribution in [0.15, 0.2) is 17.0 Å². The topological polar surface area (TPSA) is 98.2 Å². The quantitative estimate of drug-likeness (QED) is 0.721. The zero-order valence-corrected chi connectivity index (χ0v) is 12.7. The summed E-state index contributed by atoms with van der Waals surface area (Å²) < 4.78 is 23.1. The van der Waals surface area contributed by atoms with Gasteiger partial charge in [0.15, 0.2) is 0 Å². The maximum absolute atomic E-state index is 11.5. The van der Waals surface area contributed by atoms with Gasteiger partial charge in [0.25, 0.3) is 0 Å². The lowest BCUT2D eigenvalue weighted by atomic mass is 10.0. The van der Waals surface area contributed by atoms with Gasteiger partial charge in [0, 0.05) is 17.4 Å². The Kier molecular flexibility index (Phi) is 4.81. The van der Waals surface area contributed by atoms with Crippen LogP contribution in [-0.4, -0.2) is 14.5 Å². The molecule has 1 atom stereocenters. The Balaban J connectivity index is 3.26. The van der Waals surface area contributed by atoms with Crippen molar-refractivity contribution in [2.45, 2.75) is 45.1 Å². The molecular formula is C13H23N3O2S. The summed E-state index contributed by atoms with van der Waals surface area (Å²) in [7, 11) is -3.76. The van der Waals surface area contributed by atoms with E-state index in [1.165, 1.54) is 6.07 Å². The molecule has 1 aromatic rings. The van der Waals surface area contributed by atoms with Gasteiger partial charge in [-0.15, -0.1) is 0 Å². The van der Waals surface area contributed by atoms with Gasteiger partial charge in [0.1, 0.15) is 0 Å². The van der Waals surface area contributed by atoms with Crippen molar-refractivity contribution in [2.24, 2.45) is 11.1 Å². The Hall–Kier alpha value is -1.27. The summed E-state index contributed by atoms with van der Waals surface area (Å²) in [5, 5.41) is 8.56. The monoisotopic (exact) mass is 285 g/mol. The normalized spacial score (nSPS) is 13.6. The lowest BCUT2D eigenvalue weighted by Gasteiger charge is -2.24. The third kappa shape index (κ3) is 3.84.